The maximum Gasteiger partial charge on any atom is 0.307 e. The molecule has 9 heteroatoms. The van der Waals surface area contributed by atoms with Gasteiger partial charge in [0.05, 0.1) is 30.6 Å². The largest absolute Gasteiger partial charge is 0.481 e. The summed E-state index contributed by atoms with van der Waals surface area (Å²) in [5.74, 6) is -2.73. The first-order chi connectivity index (χ1) is 17.3. The van der Waals surface area contributed by atoms with Gasteiger partial charge in [-0.25, -0.2) is 8.78 Å². The number of allylic oxidation sites excluding steroid dienone is 1. The van der Waals surface area contributed by atoms with Crippen molar-refractivity contribution < 1.29 is 23.4 Å². The lowest BCUT2D eigenvalue weighted by Gasteiger charge is -2.11. The minimum Gasteiger partial charge on any atom is -0.481 e. The van der Waals surface area contributed by atoms with E-state index in [4.69, 9.17) is 20.7 Å². The molecule has 1 saturated carbocycles. The lowest BCUT2D eigenvalue weighted by molar-refractivity contribution is -0.138. The molecule has 4 N–H and O–H groups in total. The molecule has 0 spiro atoms. The van der Waals surface area contributed by atoms with E-state index in [0.29, 0.717) is 28.9 Å². The minimum atomic E-state index is -0.820. The smallest absolute Gasteiger partial charge is 0.307 e. The number of methoxy groups -OCH3 is 1. The SMILES string of the molecule is COC(=N)/C=C\C(=N)c1ccc(-c2cc(CNc3ccc([C@@H]4C[C@H]4C(=O)O)nc3)c(F)cc2F)cc1. The van der Waals surface area contributed by atoms with Gasteiger partial charge in [0.15, 0.2) is 0 Å². The number of nitrogens with one attached hydrogen (secondary N) is 3. The number of hydrogen-bond donors (Lipinski definition) is 4. The molecule has 4 rings (SSSR count). The van der Waals surface area contributed by atoms with Crippen LogP contribution in [0.4, 0.5) is 14.5 Å². The van der Waals surface area contributed by atoms with Gasteiger partial charge in [-0.3, -0.25) is 15.2 Å². The molecule has 0 saturated heterocycles. The quantitative estimate of drug-likeness (QED) is 0.237. The molecule has 0 radical (unpaired) electrons. The molecule has 1 fully saturated rings. The van der Waals surface area contributed by atoms with Crippen molar-refractivity contribution >= 4 is 23.3 Å². The van der Waals surface area contributed by atoms with E-state index in [1.807, 2.05) is 0 Å². The summed E-state index contributed by atoms with van der Waals surface area (Å²) >= 11 is 0. The van der Waals surface area contributed by atoms with Crippen LogP contribution in [0.25, 0.3) is 11.1 Å². The van der Waals surface area contributed by atoms with E-state index < -0.39 is 17.6 Å². The van der Waals surface area contributed by atoms with E-state index in [1.54, 1.807) is 42.6 Å². The third-order valence-corrected chi connectivity index (χ3v) is 6.02. The molecule has 0 amide bonds. The number of nitrogens with zero attached hydrogens (tertiary/aromatic N) is 1. The van der Waals surface area contributed by atoms with Crippen LogP contribution in [0.1, 0.15) is 29.2 Å². The van der Waals surface area contributed by atoms with Gasteiger partial charge in [0, 0.05) is 41.4 Å². The van der Waals surface area contributed by atoms with Crippen LogP contribution in [-0.4, -0.2) is 34.8 Å². The van der Waals surface area contributed by atoms with E-state index in [1.165, 1.54) is 25.3 Å². The van der Waals surface area contributed by atoms with Gasteiger partial charge in [-0.1, -0.05) is 24.3 Å². The Morgan fingerprint density at radius 3 is 2.50 bits per heavy atom. The Bertz CT molecular complexity index is 1340. The number of rotatable bonds is 9. The van der Waals surface area contributed by atoms with Crippen molar-refractivity contribution in [3.63, 3.8) is 0 Å². The highest BCUT2D eigenvalue weighted by molar-refractivity contribution is 6.09. The summed E-state index contributed by atoms with van der Waals surface area (Å²) in [5, 5.41) is 27.6. The van der Waals surface area contributed by atoms with Crippen LogP contribution in [0.15, 0.2) is 66.9 Å². The molecule has 2 aromatic carbocycles. The number of halogens is 2. The van der Waals surface area contributed by atoms with Gasteiger partial charge >= 0.3 is 5.97 Å². The van der Waals surface area contributed by atoms with Gasteiger partial charge in [0.1, 0.15) is 11.6 Å². The second-order valence-corrected chi connectivity index (χ2v) is 8.43. The predicted octanol–water partition coefficient (Wildman–Crippen LogP) is 5.37. The number of carboxylic acids is 1. The first-order valence-corrected chi connectivity index (χ1v) is 11.2. The number of carboxylic acid groups (broad SMARTS) is 1. The molecule has 3 aromatic rings. The zero-order chi connectivity index (χ0) is 25.8. The number of anilines is 1. The van der Waals surface area contributed by atoms with Crippen molar-refractivity contribution in [1.82, 2.24) is 4.98 Å². The maximum absolute atomic E-state index is 14.6. The van der Waals surface area contributed by atoms with E-state index in [0.717, 1.165) is 6.07 Å². The van der Waals surface area contributed by atoms with Crippen LogP contribution >= 0.6 is 0 Å². The highest BCUT2D eigenvalue weighted by Crippen LogP contribution is 2.46. The number of hydrogen-bond acceptors (Lipinski definition) is 6. The summed E-state index contributed by atoms with van der Waals surface area (Å²) in [6, 6.07) is 12.4. The summed E-state index contributed by atoms with van der Waals surface area (Å²) in [5.41, 5.74) is 3.10. The number of benzene rings is 2. The Hall–Kier alpha value is -4.40. The molecule has 7 nitrogen and oxygen atoms in total. The minimum absolute atomic E-state index is 0.0707. The number of ether oxygens (including phenoxy) is 1. The average molecular weight is 491 g/mol. The summed E-state index contributed by atoms with van der Waals surface area (Å²) in [7, 11) is 1.37. The molecular weight excluding hydrogens is 466 g/mol. The van der Waals surface area contributed by atoms with Crippen LogP contribution in [0.5, 0.6) is 0 Å². The highest BCUT2D eigenvalue weighted by atomic mass is 19.1. The van der Waals surface area contributed by atoms with E-state index in [9.17, 15) is 13.6 Å². The molecule has 1 aliphatic rings. The number of aliphatic carboxylic acids is 1. The first kappa shape index (κ1) is 24.7. The van der Waals surface area contributed by atoms with E-state index in [-0.39, 0.29) is 41.1 Å². The zero-order valence-electron chi connectivity index (χ0n) is 19.4. The van der Waals surface area contributed by atoms with Crippen molar-refractivity contribution in [2.45, 2.75) is 18.9 Å². The van der Waals surface area contributed by atoms with Crippen molar-refractivity contribution in [2.24, 2.45) is 5.92 Å². The fourth-order valence-corrected chi connectivity index (χ4v) is 3.82. The van der Waals surface area contributed by atoms with Gasteiger partial charge in [-0.2, -0.15) is 0 Å². The predicted molar refractivity (Wildman–Crippen MR) is 133 cm³/mol. The topological polar surface area (TPSA) is 119 Å². The molecule has 0 unspecified atom stereocenters. The van der Waals surface area contributed by atoms with Crippen LogP contribution in [-0.2, 0) is 16.1 Å². The highest BCUT2D eigenvalue weighted by Gasteiger charge is 2.45. The fourth-order valence-electron chi connectivity index (χ4n) is 3.82. The van der Waals surface area contributed by atoms with Crippen LogP contribution in [0, 0.1) is 28.4 Å². The number of pyridine rings is 1. The summed E-state index contributed by atoms with van der Waals surface area (Å²) in [6.07, 6.45) is 4.94. The van der Waals surface area contributed by atoms with Gasteiger partial charge in [0.25, 0.3) is 0 Å². The van der Waals surface area contributed by atoms with Crippen molar-refractivity contribution in [3.05, 3.63) is 95.3 Å². The maximum atomic E-state index is 14.6. The zero-order valence-corrected chi connectivity index (χ0v) is 19.4. The number of aromatic nitrogens is 1. The third kappa shape index (κ3) is 5.63. The molecule has 2 atom stereocenters. The monoisotopic (exact) mass is 490 g/mol. The van der Waals surface area contributed by atoms with Crippen LogP contribution < -0.4 is 5.32 Å². The molecule has 36 heavy (non-hydrogen) atoms. The third-order valence-electron chi connectivity index (χ3n) is 6.02. The van der Waals surface area contributed by atoms with Gasteiger partial charge in [-0.15, -0.1) is 0 Å². The number of carbonyl (C=O) groups is 1. The van der Waals surface area contributed by atoms with E-state index >= 15 is 0 Å². The summed E-state index contributed by atoms with van der Waals surface area (Å²) in [4.78, 5) is 15.4. The lowest BCUT2D eigenvalue weighted by Crippen LogP contribution is -2.04. The Kier molecular flexibility index (Phi) is 7.19. The summed E-state index contributed by atoms with van der Waals surface area (Å²) in [6.45, 7) is 0.0975. The molecular formula is C27H24F2N4O3. The molecule has 1 aromatic heterocycles. The first-order valence-electron chi connectivity index (χ1n) is 11.2. The van der Waals surface area contributed by atoms with Crippen LogP contribution in [0.2, 0.25) is 0 Å². The summed E-state index contributed by atoms with van der Waals surface area (Å²) < 4.78 is 33.8. The van der Waals surface area contributed by atoms with Gasteiger partial charge in [-0.05, 0) is 41.8 Å². The fraction of sp³-hybridized carbons (Fsp3) is 0.185. The van der Waals surface area contributed by atoms with Crippen molar-refractivity contribution in [2.75, 3.05) is 12.4 Å². The molecule has 1 heterocycles. The van der Waals surface area contributed by atoms with Crippen molar-refractivity contribution in [1.29, 1.82) is 10.8 Å². The standard InChI is InChI=1S/C27H24F2N4O3/c1-36-26(31)9-7-24(30)16-4-2-15(3-5-16)19-10-17(22(28)12-23(19)29)13-32-18-6-8-25(33-14-18)20-11-21(20)27(34)35/h2-10,12,14,20-21,30-32H,11,13H2,1H3,(H,34,35)/b9-7-,30-24?,31-26?/t20-,21-/m1/s1. The lowest BCUT2D eigenvalue weighted by atomic mass is 9.99. The average Bonchev–Trinajstić information content (AvgIpc) is 3.68. The molecule has 184 valence electrons. The Labute approximate surface area is 206 Å². The van der Waals surface area contributed by atoms with Crippen molar-refractivity contribution in [3.8, 4) is 11.1 Å². The van der Waals surface area contributed by atoms with Gasteiger partial charge < -0.3 is 20.6 Å². The molecule has 0 aliphatic heterocycles. The van der Waals surface area contributed by atoms with Crippen LogP contribution in [0.3, 0.4) is 0 Å². The normalized spacial score (nSPS) is 16.5. The Balaban J connectivity index is 1.45. The Morgan fingerprint density at radius 1 is 1.14 bits per heavy atom. The van der Waals surface area contributed by atoms with Gasteiger partial charge in [0.2, 0.25) is 5.90 Å². The Morgan fingerprint density at radius 2 is 1.89 bits per heavy atom. The second-order valence-electron chi connectivity index (χ2n) is 8.43. The second kappa shape index (κ2) is 10.5. The molecule has 0 bridgehead atoms. The van der Waals surface area contributed by atoms with E-state index in [2.05, 4.69) is 10.3 Å². The molecule has 1 aliphatic carbocycles.